The van der Waals surface area contributed by atoms with Gasteiger partial charge in [0.05, 0.1) is 15.9 Å². The Morgan fingerprint density at radius 2 is 1.43 bits per heavy atom. The van der Waals surface area contributed by atoms with Crippen molar-refractivity contribution in [1.29, 1.82) is 0 Å². The van der Waals surface area contributed by atoms with Crippen molar-refractivity contribution in [3.05, 3.63) is 88.2 Å². The van der Waals surface area contributed by atoms with Gasteiger partial charge in [0, 0.05) is 57.7 Å². The monoisotopic (exact) mass is 530 g/mol. The third kappa shape index (κ3) is 4.97. The smallest absolute Gasteiger partial charge is 0.160 e. The molecule has 0 spiro atoms. The zero-order valence-electron chi connectivity index (χ0n) is 18.6. The number of aldehydes is 2. The number of thioether (sulfide) groups is 1. The van der Waals surface area contributed by atoms with Gasteiger partial charge < -0.3 is 0 Å². The molecule has 0 radical (unpaired) electrons. The second-order valence-corrected chi connectivity index (χ2v) is 11.9. The molecular weight excluding hydrogens is 513 g/mol. The van der Waals surface area contributed by atoms with Crippen molar-refractivity contribution >= 4 is 74.3 Å². The van der Waals surface area contributed by atoms with Crippen LogP contribution in [0.1, 0.15) is 21.5 Å². The van der Waals surface area contributed by atoms with Gasteiger partial charge in [-0.25, -0.2) is 0 Å². The molecule has 0 aliphatic heterocycles. The zero-order chi connectivity index (χ0) is 24.4. The molecule has 0 aliphatic rings. The molecular formula is C27H18N2O2S4. The lowest BCUT2D eigenvalue weighted by Crippen LogP contribution is -1.86. The lowest BCUT2D eigenvalue weighted by molar-refractivity contribution is -0.104. The first kappa shape index (κ1) is 23.6. The number of hydrogen-bond donors (Lipinski definition) is 0. The number of thiophene rings is 3. The number of carbonyl (C=O) groups excluding carboxylic acids is 2. The van der Waals surface area contributed by atoms with Crippen LogP contribution in [0.15, 0.2) is 78.5 Å². The van der Waals surface area contributed by atoms with Crippen LogP contribution in [0.3, 0.4) is 0 Å². The summed E-state index contributed by atoms with van der Waals surface area (Å²) in [6, 6.07) is 16.2. The van der Waals surface area contributed by atoms with E-state index in [-0.39, 0.29) is 0 Å². The van der Waals surface area contributed by atoms with Crippen molar-refractivity contribution in [1.82, 2.24) is 9.97 Å². The van der Waals surface area contributed by atoms with E-state index < -0.39 is 0 Å². The molecule has 0 aliphatic carbocycles. The number of rotatable bonds is 8. The van der Waals surface area contributed by atoms with E-state index in [1.54, 1.807) is 22.7 Å². The largest absolute Gasteiger partial charge is 0.297 e. The van der Waals surface area contributed by atoms with Gasteiger partial charge in [-0.3, -0.25) is 19.6 Å². The molecule has 0 amide bonds. The molecule has 5 rings (SSSR count). The molecule has 5 heterocycles. The van der Waals surface area contributed by atoms with Gasteiger partial charge in [-0.1, -0.05) is 24.4 Å². The Morgan fingerprint density at radius 3 is 2.06 bits per heavy atom. The molecule has 0 atom stereocenters. The van der Waals surface area contributed by atoms with E-state index in [2.05, 4.69) is 43.0 Å². The van der Waals surface area contributed by atoms with E-state index >= 15 is 0 Å². The summed E-state index contributed by atoms with van der Waals surface area (Å²) >= 11 is 6.20. The summed E-state index contributed by atoms with van der Waals surface area (Å²) < 4.78 is 0. The molecule has 0 aromatic carbocycles. The van der Waals surface area contributed by atoms with Crippen LogP contribution in [0.25, 0.3) is 46.6 Å². The fourth-order valence-electron chi connectivity index (χ4n) is 3.49. The summed E-state index contributed by atoms with van der Waals surface area (Å²) in [6.45, 7) is 5.72. The number of nitrogens with zero attached hydrogens (tertiary/aromatic N) is 2. The molecule has 0 unspecified atom stereocenters. The summed E-state index contributed by atoms with van der Waals surface area (Å²) in [5.74, 6) is 0. The van der Waals surface area contributed by atoms with Gasteiger partial charge in [0.25, 0.3) is 0 Å². The molecule has 5 aromatic heterocycles. The summed E-state index contributed by atoms with van der Waals surface area (Å²) in [5.41, 5.74) is 3.70. The minimum Gasteiger partial charge on any atom is -0.297 e. The number of aromatic nitrogens is 2. The van der Waals surface area contributed by atoms with Crippen LogP contribution < -0.4 is 0 Å². The highest BCUT2D eigenvalue weighted by atomic mass is 32.2. The minimum absolute atomic E-state index is 0.486. The van der Waals surface area contributed by atoms with Gasteiger partial charge in [0.1, 0.15) is 0 Å². The molecule has 172 valence electrons. The fraction of sp³-hybridized carbons (Fsp3) is 0.0370. The van der Waals surface area contributed by atoms with Gasteiger partial charge in [0.2, 0.25) is 0 Å². The van der Waals surface area contributed by atoms with Crippen molar-refractivity contribution in [3.8, 4) is 30.6 Å². The molecule has 0 bridgehead atoms. The Morgan fingerprint density at radius 1 is 0.829 bits per heavy atom. The zero-order valence-corrected chi connectivity index (χ0v) is 21.8. The quantitative estimate of drug-likeness (QED) is 0.149. The molecule has 4 nitrogen and oxygen atoms in total. The molecule has 0 saturated heterocycles. The third-order valence-corrected chi connectivity index (χ3v) is 9.85. The highest BCUT2D eigenvalue weighted by molar-refractivity contribution is 8.12. The number of carbonyl (C=O) groups is 2. The SMILES string of the molecule is C=C(C=O)S/C(=C\C)c1ccc(-c2cnc3cc(-c4ccc(-c5ccc(C=O)s5)s4)cnc3c2)s1. The Balaban J connectivity index is 1.40. The molecule has 0 fully saturated rings. The van der Waals surface area contributed by atoms with Crippen LogP contribution in [0, 0.1) is 0 Å². The van der Waals surface area contributed by atoms with Gasteiger partial charge in [-0.05, 0) is 55.5 Å². The summed E-state index contributed by atoms with van der Waals surface area (Å²) in [7, 11) is 0. The average Bonchev–Trinajstić information content (AvgIpc) is 3.66. The summed E-state index contributed by atoms with van der Waals surface area (Å²) in [6.07, 6.45) is 7.41. The van der Waals surface area contributed by atoms with E-state index in [4.69, 9.17) is 9.97 Å². The first-order chi connectivity index (χ1) is 17.1. The van der Waals surface area contributed by atoms with E-state index in [9.17, 15) is 9.59 Å². The van der Waals surface area contributed by atoms with Crippen LogP contribution in [0.4, 0.5) is 0 Å². The predicted molar refractivity (Wildman–Crippen MR) is 151 cm³/mol. The minimum atomic E-state index is 0.486. The third-order valence-electron chi connectivity index (χ3n) is 5.18. The van der Waals surface area contributed by atoms with Crippen molar-refractivity contribution in [2.24, 2.45) is 0 Å². The van der Waals surface area contributed by atoms with Gasteiger partial charge >= 0.3 is 0 Å². The lowest BCUT2D eigenvalue weighted by Gasteiger charge is -2.04. The molecule has 8 heteroatoms. The Bertz CT molecular complexity index is 1610. The van der Waals surface area contributed by atoms with Crippen LogP contribution in [0.2, 0.25) is 0 Å². The van der Waals surface area contributed by atoms with Crippen LogP contribution >= 0.6 is 45.8 Å². The second kappa shape index (κ2) is 10.2. The standard InChI is InChI=1S/C27H18N2O2S4/c1-3-22(32-16(2)14-30)25-8-6-23(34-25)17-10-20-21(28-12-17)11-18(13-29-20)24-7-9-27(35-24)26-5-4-19(15-31)33-26/h3-15H,2H2,1H3/b22-3-. The van der Waals surface area contributed by atoms with E-state index in [1.165, 1.54) is 23.1 Å². The van der Waals surface area contributed by atoms with Crippen molar-refractivity contribution in [3.63, 3.8) is 0 Å². The molecule has 35 heavy (non-hydrogen) atoms. The topological polar surface area (TPSA) is 59.9 Å². The number of fused-ring (bicyclic) bond motifs is 1. The van der Waals surface area contributed by atoms with Crippen LogP contribution in [0.5, 0.6) is 0 Å². The van der Waals surface area contributed by atoms with E-state index in [1.807, 2.05) is 37.5 Å². The maximum absolute atomic E-state index is 11.0. The van der Waals surface area contributed by atoms with Crippen molar-refractivity contribution in [2.45, 2.75) is 6.92 Å². The Hall–Kier alpha value is -3.17. The molecule has 0 N–H and O–H groups in total. The first-order valence-electron chi connectivity index (χ1n) is 10.6. The Labute approximate surface area is 218 Å². The van der Waals surface area contributed by atoms with Crippen molar-refractivity contribution < 1.29 is 9.59 Å². The predicted octanol–water partition coefficient (Wildman–Crippen LogP) is 8.43. The second-order valence-electron chi connectivity index (χ2n) is 7.47. The van der Waals surface area contributed by atoms with Crippen LogP contribution in [-0.4, -0.2) is 22.5 Å². The normalized spacial score (nSPS) is 11.6. The fourth-order valence-corrected chi connectivity index (χ4v) is 7.21. The number of hydrogen-bond acceptors (Lipinski definition) is 8. The van der Waals surface area contributed by atoms with Gasteiger partial charge in [-0.2, -0.15) is 0 Å². The highest BCUT2D eigenvalue weighted by Gasteiger charge is 2.12. The number of allylic oxidation sites excluding steroid dienone is 2. The first-order valence-corrected chi connectivity index (χ1v) is 13.8. The van der Waals surface area contributed by atoms with E-state index in [0.717, 1.165) is 68.9 Å². The van der Waals surface area contributed by atoms with Crippen molar-refractivity contribution in [2.75, 3.05) is 0 Å². The maximum atomic E-state index is 11.0. The lowest BCUT2D eigenvalue weighted by atomic mass is 10.1. The van der Waals surface area contributed by atoms with Gasteiger partial charge in [-0.15, -0.1) is 34.0 Å². The van der Waals surface area contributed by atoms with Crippen LogP contribution in [-0.2, 0) is 4.79 Å². The highest BCUT2D eigenvalue weighted by Crippen LogP contribution is 2.40. The van der Waals surface area contributed by atoms with E-state index in [0.29, 0.717) is 4.91 Å². The molecule has 0 saturated carbocycles. The molecule has 5 aromatic rings. The number of pyridine rings is 2. The van der Waals surface area contributed by atoms with Gasteiger partial charge in [0.15, 0.2) is 12.6 Å². The summed E-state index contributed by atoms with van der Waals surface area (Å²) in [5, 5.41) is 0. The Kier molecular flexibility index (Phi) is 6.88. The maximum Gasteiger partial charge on any atom is 0.160 e. The summed E-state index contributed by atoms with van der Waals surface area (Å²) in [4.78, 5) is 39.1. The average molecular weight is 531 g/mol.